The van der Waals surface area contributed by atoms with Gasteiger partial charge in [0.2, 0.25) is 0 Å². The Hall–Kier alpha value is -3.23. The molecule has 2 aromatic carbocycles. The lowest BCUT2D eigenvalue weighted by atomic mass is 10.1. The molecule has 0 unspecified atom stereocenters. The molecule has 4 rings (SSSR count). The molecule has 0 radical (unpaired) electrons. The largest absolute Gasteiger partial charge is 0.497 e. The fourth-order valence-electron chi connectivity index (χ4n) is 3.65. The first kappa shape index (κ1) is 22.0. The number of hydrogen-bond donors (Lipinski definition) is 1. The number of aryl methyl sites for hydroxylation is 2. The fourth-order valence-corrected chi connectivity index (χ4v) is 4.40. The normalized spacial score (nSPS) is 15.3. The van der Waals surface area contributed by atoms with Crippen molar-refractivity contribution < 1.29 is 14.3 Å². The van der Waals surface area contributed by atoms with Gasteiger partial charge in [0.15, 0.2) is 5.11 Å². The van der Waals surface area contributed by atoms with E-state index in [9.17, 15) is 9.59 Å². The van der Waals surface area contributed by atoms with Crippen LogP contribution in [0.3, 0.4) is 0 Å². The van der Waals surface area contributed by atoms with E-state index < -0.39 is 11.8 Å². The topological polar surface area (TPSA) is 63.6 Å². The number of halogens is 1. The smallest absolute Gasteiger partial charge is 0.270 e. The summed E-state index contributed by atoms with van der Waals surface area (Å²) < 4.78 is 8.10. The molecule has 0 atom stereocenters. The minimum absolute atomic E-state index is 0.00813. The van der Waals surface area contributed by atoms with Crippen LogP contribution >= 0.6 is 28.1 Å². The molecule has 3 aromatic rings. The molecule has 1 saturated heterocycles. The molecule has 1 aliphatic rings. The number of methoxy groups -OCH3 is 1. The summed E-state index contributed by atoms with van der Waals surface area (Å²) in [5.74, 6) is -0.246. The van der Waals surface area contributed by atoms with Gasteiger partial charge in [-0.3, -0.25) is 19.8 Å². The molecule has 0 spiro atoms. The van der Waals surface area contributed by atoms with E-state index in [1.54, 1.807) is 19.3 Å². The molecule has 0 bridgehead atoms. The standard InChI is InChI=1S/C24H20BrN3O3S/c1-14-12-16(25)5-11-21(14)28-23(30)20(22(29)26-24(28)32)13-18-6-4-15(2)27(18)17-7-9-19(31-3)10-8-17/h4-13H,1-3H3,(H,26,29,32)/b20-13+. The zero-order valence-corrected chi connectivity index (χ0v) is 20.1. The SMILES string of the molecule is COc1ccc(-n2c(C)ccc2/C=C2\C(=O)NC(=S)N(c3ccc(Br)cc3C)C2=O)cc1. The summed E-state index contributed by atoms with van der Waals surface area (Å²) in [7, 11) is 1.61. The summed E-state index contributed by atoms with van der Waals surface area (Å²) in [6.07, 6.45) is 1.60. The van der Waals surface area contributed by atoms with Gasteiger partial charge in [0.1, 0.15) is 11.3 Å². The van der Waals surface area contributed by atoms with Crippen LogP contribution in [0.2, 0.25) is 0 Å². The highest BCUT2D eigenvalue weighted by Crippen LogP contribution is 2.28. The minimum atomic E-state index is -0.522. The van der Waals surface area contributed by atoms with E-state index in [0.29, 0.717) is 11.4 Å². The Kier molecular flexibility index (Phi) is 5.99. The van der Waals surface area contributed by atoms with Crippen LogP contribution < -0.4 is 15.0 Å². The van der Waals surface area contributed by atoms with Gasteiger partial charge < -0.3 is 9.30 Å². The third-order valence-electron chi connectivity index (χ3n) is 5.23. The van der Waals surface area contributed by atoms with Crippen LogP contribution in [0.4, 0.5) is 5.69 Å². The first-order chi connectivity index (χ1) is 15.3. The highest BCUT2D eigenvalue weighted by Gasteiger charge is 2.35. The Morgan fingerprint density at radius 1 is 1.03 bits per heavy atom. The quantitative estimate of drug-likeness (QED) is 0.314. The number of aromatic nitrogens is 1. The van der Waals surface area contributed by atoms with E-state index in [0.717, 1.165) is 27.2 Å². The van der Waals surface area contributed by atoms with Crippen LogP contribution in [0, 0.1) is 13.8 Å². The van der Waals surface area contributed by atoms with Crippen LogP contribution in [-0.4, -0.2) is 28.6 Å². The number of hydrogen-bond acceptors (Lipinski definition) is 4. The Labute approximate surface area is 199 Å². The zero-order chi connectivity index (χ0) is 23.0. The highest BCUT2D eigenvalue weighted by atomic mass is 79.9. The Balaban J connectivity index is 1.77. The third kappa shape index (κ3) is 3.99. The molecule has 1 aliphatic heterocycles. The van der Waals surface area contributed by atoms with E-state index >= 15 is 0 Å². The van der Waals surface area contributed by atoms with Crippen LogP contribution in [0.5, 0.6) is 5.75 Å². The van der Waals surface area contributed by atoms with Gasteiger partial charge in [-0.2, -0.15) is 0 Å². The summed E-state index contributed by atoms with van der Waals surface area (Å²) in [4.78, 5) is 27.5. The summed E-state index contributed by atoms with van der Waals surface area (Å²) in [5.41, 5.74) is 4.03. The second-order valence-electron chi connectivity index (χ2n) is 7.32. The molecule has 2 amide bonds. The molecular weight excluding hydrogens is 490 g/mol. The number of thiocarbonyl (C=S) groups is 1. The maximum Gasteiger partial charge on any atom is 0.270 e. The summed E-state index contributed by atoms with van der Waals surface area (Å²) in [6.45, 7) is 3.84. The van der Waals surface area contributed by atoms with E-state index in [4.69, 9.17) is 17.0 Å². The lowest BCUT2D eigenvalue weighted by Crippen LogP contribution is -2.54. The highest BCUT2D eigenvalue weighted by molar-refractivity contribution is 9.10. The van der Waals surface area contributed by atoms with Crippen molar-refractivity contribution in [2.75, 3.05) is 12.0 Å². The molecule has 32 heavy (non-hydrogen) atoms. The second kappa shape index (κ2) is 8.72. The monoisotopic (exact) mass is 509 g/mol. The number of rotatable bonds is 4. The summed E-state index contributed by atoms with van der Waals surface area (Å²) >= 11 is 8.75. The van der Waals surface area contributed by atoms with Gasteiger partial charge >= 0.3 is 0 Å². The van der Waals surface area contributed by atoms with Crippen molar-refractivity contribution in [1.82, 2.24) is 9.88 Å². The number of nitrogens with one attached hydrogen (secondary N) is 1. The van der Waals surface area contributed by atoms with Gasteiger partial charge in [0.25, 0.3) is 11.8 Å². The van der Waals surface area contributed by atoms with E-state index in [1.165, 1.54) is 4.90 Å². The van der Waals surface area contributed by atoms with Crippen molar-refractivity contribution in [2.45, 2.75) is 13.8 Å². The van der Waals surface area contributed by atoms with Crippen molar-refractivity contribution >= 4 is 56.8 Å². The van der Waals surface area contributed by atoms with Gasteiger partial charge in [0, 0.05) is 21.5 Å². The number of anilines is 1. The van der Waals surface area contributed by atoms with Gasteiger partial charge in [-0.15, -0.1) is 0 Å². The van der Waals surface area contributed by atoms with Crippen molar-refractivity contribution in [2.24, 2.45) is 0 Å². The van der Waals surface area contributed by atoms with Crippen molar-refractivity contribution in [3.63, 3.8) is 0 Å². The average Bonchev–Trinajstić information content (AvgIpc) is 3.12. The van der Waals surface area contributed by atoms with Gasteiger partial charge in [-0.05, 0) is 92.3 Å². The van der Waals surface area contributed by atoms with Crippen LogP contribution in [0.25, 0.3) is 11.8 Å². The van der Waals surface area contributed by atoms with Crippen molar-refractivity contribution in [3.8, 4) is 11.4 Å². The Bertz CT molecular complexity index is 1280. The second-order valence-corrected chi connectivity index (χ2v) is 8.62. The number of amides is 2. The summed E-state index contributed by atoms with van der Waals surface area (Å²) in [6, 6.07) is 16.9. The van der Waals surface area contributed by atoms with Crippen LogP contribution in [-0.2, 0) is 9.59 Å². The van der Waals surface area contributed by atoms with Gasteiger partial charge in [0.05, 0.1) is 12.8 Å². The van der Waals surface area contributed by atoms with Crippen LogP contribution in [0.15, 0.2) is 64.6 Å². The average molecular weight is 510 g/mol. The lowest BCUT2D eigenvalue weighted by Gasteiger charge is -2.30. The molecule has 2 heterocycles. The number of carbonyl (C=O) groups is 2. The third-order valence-corrected chi connectivity index (χ3v) is 6.01. The maximum absolute atomic E-state index is 13.4. The molecule has 0 saturated carbocycles. The Morgan fingerprint density at radius 2 is 1.75 bits per heavy atom. The Morgan fingerprint density at radius 3 is 2.41 bits per heavy atom. The van der Waals surface area contributed by atoms with Gasteiger partial charge in [-0.25, -0.2) is 0 Å². The van der Waals surface area contributed by atoms with E-state index in [2.05, 4.69) is 21.2 Å². The lowest BCUT2D eigenvalue weighted by molar-refractivity contribution is -0.122. The zero-order valence-electron chi connectivity index (χ0n) is 17.7. The predicted molar refractivity (Wildman–Crippen MR) is 132 cm³/mol. The number of carbonyl (C=O) groups excluding carboxylic acids is 2. The fraction of sp³-hybridized carbons (Fsp3) is 0.125. The number of ether oxygens (including phenoxy) is 1. The van der Waals surface area contributed by atoms with Gasteiger partial charge in [-0.1, -0.05) is 15.9 Å². The molecule has 162 valence electrons. The predicted octanol–water partition coefficient (Wildman–Crippen LogP) is 4.70. The molecular formula is C24H20BrN3O3S. The first-order valence-electron chi connectivity index (χ1n) is 9.80. The van der Waals surface area contributed by atoms with Crippen molar-refractivity contribution in [1.29, 1.82) is 0 Å². The molecule has 1 aromatic heterocycles. The number of nitrogens with zero attached hydrogens (tertiary/aromatic N) is 2. The molecule has 8 heteroatoms. The van der Waals surface area contributed by atoms with E-state index in [-0.39, 0.29) is 10.7 Å². The molecule has 0 aliphatic carbocycles. The molecule has 1 N–H and O–H groups in total. The number of benzene rings is 2. The first-order valence-corrected chi connectivity index (χ1v) is 11.0. The summed E-state index contributed by atoms with van der Waals surface area (Å²) in [5, 5.41) is 2.70. The van der Waals surface area contributed by atoms with Crippen molar-refractivity contribution in [3.05, 3.63) is 81.6 Å². The minimum Gasteiger partial charge on any atom is -0.497 e. The van der Waals surface area contributed by atoms with Crippen LogP contribution in [0.1, 0.15) is 17.0 Å². The molecule has 1 fully saturated rings. The maximum atomic E-state index is 13.4. The molecule has 6 nitrogen and oxygen atoms in total. The van der Waals surface area contributed by atoms with E-state index in [1.807, 2.05) is 66.9 Å².